The maximum absolute atomic E-state index is 12.5. The highest BCUT2D eigenvalue weighted by Gasteiger charge is 2.34. The van der Waals surface area contributed by atoms with Crippen molar-refractivity contribution in [2.75, 3.05) is 39.4 Å². The first kappa shape index (κ1) is 18.8. The third-order valence-electron chi connectivity index (χ3n) is 4.78. The summed E-state index contributed by atoms with van der Waals surface area (Å²) in [7, 11) is 0. The van der Waals surface area contributed by atoms with Crippen molar-refractivity contribution in [3.63, 3.8) is 0 Å². The Bertz CT molecular complexity index is 556. The number of nitrogens with one attached hydrogen (secondary N) is 1. The summed E-state index contributed by atoms with van der Waals surface area (Å²) in [5.41, 5.74) is 0.938. The predicted octanol–water partition coefficient (Wildman–Crippen LogP) is 3.61. The number of nitrogens with zero attached hydrogens (tertiary/aromatic N) is 1. The molecule has 2 heterocycles. The molecule has 8 heteroatoms. The molecule has 2 saturated heterocycles. The van der Waals surface area contributed by atoms with Crippen LogP contribution < -0.4 is 10.1 Å². The van der Waals surface area contributed by atoms with Crippen molar-refractivity contribution in [3.8, 4) is 5.75 Å². The highest BCUT2D eigenvalue weighted by atomic mass is 35.5. The molecule has 0 bridgehead atoms. The Morgan fingerprint density at radius 1 is 1.20 bits per heavy atom. The molecule has 1 atom stereocenters. The maximum atomic E-state index is 12.5. The SMILES string of the molecule is FC(F)(F)Oc1ccc([C@H](C2CCOCC2)N2CCNCC2)cc1Cl. The summed E-state index contributed by atoms with van der Waals surface area (Å²) >= 11 is 6.08. The normalized spacial score (nSPS) is 21.9. The second-order valence-corrected chi connectivity index (χ2v) is 6.83. The minimum atomic E-state index is -4.75. The minimum absolute atomic E-state index is 0.0120. The average molecular weight is 379 g/mol. The van der Waals surface area contributed by atoms with Crippen LogP contribution in [0.2, 0.25) is 5.02 Å². The molecule has 0 spiro atoms. The van der Waals surface area contributed by atoms with Gasteiger partial charge in [-0.25, -0.2) is 0 Å². The standard InChI is InChI=1S/C17H22ClF3N2O2/c18-14-11-13(1-2-15(14)25-17(19,20)21)16(12-3-9-24-10-4-12)23-7-5-22-6-8-23/h1-2,11-12,16,22H,3-10H2/t16-/m0/s1. The summed E-state index contributed by atoms with van der Waals surface area (Å²) < 4.78 is 46.8. The molecule has 1 N–H and O–H groups in total. The van der Waals surface area contributed by atoms with Gasteiger partial charge in [-0.3, -0.25) is 4.90 Å². The number of hydrogen-bond acceptors (Lipinski definition) is 4. The van der Waals surface area contributed by atoms with Crippen molar-refractivity contribution in [1.82, 2.24) is 10.2 Å². The Morgan fingerprint density at radius 3 is 2.48 bits per heavy atom. The molecule has 1 aromatic carbocycles. The second-order valence-electron chi connectivity index (χ2n) is 6.42. The Morgan fingerprint density at radius 2 is 1.88 bits per heavy atom. The Labute approximate surface area is 150 Å². The molecular formula is C17H22ClF3N2O2. The monoisotopic (exact) mass is 378 g/mol. The van der Waals surface area contributed by atoms with Gasteiger partial charge in [0.15, 0.2) is 0 Å². The summed E-state index contributed by atoms with van der Waals surface area (Å²) in [6.07, 6.45) is -2.87. The quantitative estimate of drug-likeness (QED) is 0.867. The van der Waals surface area contributed by atoms with Crippen molar-refractivity contribution >= 4 is 11.6 Å². The van der Waals surface area contributed by atoms with Gasteiger partial charge in [-0.15, -0.1) is 13.2 Å². The first-order chi connectivity index (χ1) is 11.9. The van der Waals surface area contributed by atoms with Crippen LogP contribution in [-0.2, 0) is 4.74 Å². The smallest absolute Gasteiger partial charge is 0.404 e. The minimum Gasteiger partial charge on any atom is -0.404 e. The van der Waals surface area contributed by atoms with Gasteiger partial charge in [0.2, 0.25) is 0 Å². The summed E-state index contributed by atoms with van der Waals surface area (Å²) in [5, 5.41) is 3.32. The zero-order valence-corrected chi connectivity index (χ0v) is 14.6. The number of alkyl halides is 3. The number of rotatable bonds is 4. The highest BCUT2D eigenvalue weighted by molar-refractivity contribution is 6.32. The molecule has 0 unspecified atom stereocenters. The van der Waals surface area contributed by atoms with Gasteiger partial charge in [-0.2, -0.15) is 0 Å². The van der Waals surface area contributed by atoms with Gasteiger partial charge in [0.05, 0.1) is 5.02 Å². The number of hydrogen-bond donors (Lipinski definition) is 1. The van der Waals surface area contributed by atoms with Crippen LogP contribution in [0, 0.1) is 5.92 Å². The highest BCUT2D eigenvalue weighted by Crippen LogP contribution is 2.39. The largest absolute Gasteiger partial charge is 0.573 e. The number of ether oxygens (including phenoxy) is 2. The molecule has 0 amide bonds. The lowest BCUT2D eigenvalue weighted by molar-refractivity contribution is -0.274. The zero-order chi connectivity index (χ0) is 17.9. The van der Waals surface area contributed by atoms with Crippen LogP contribution in [0.1, 0.15) is 24.4 Å². The van der Waals surface area contributed by atoms with Gasteiger partial charge >= 0.3 is 6.36 Å². The lowest BCUT2D eigenvalue weighted by Gasteiger charge is -2.41. The first-order valence-electron chi connectivity index (χ1n) is 8.52. The summed E-state index contributed by atoms with van der Waals surface area (Å²) in [5.74, 6) is 0.0428. The lowest BCUT2D eigenvalue weighted by Crippen LogP contribution is -2.47. The van der Waals surface area contributed by atoms with E-state index in [1.165, 1.54) is 6.07 Å². The Kier molecular flexibility index (Phi) is 6.09. The maximum Gasteiger partial charge on any atom is 0.573 e. The molecule has 1 aromatic rings. The van der Waals surface area contributed by atoms with Crippen LogP contribution in [0.15, 0.2) is 18.2 Å². The van der Waals surface area contributed by atoms with E-state index in [0.717, 1.165) is 57.8 Å². The molecule has 25 heavy (non-hydrogen) atoms. The van der Waals surface area contributed by atoms with Crippen LogP contribution in [0.3, 0.4) is 0 Å². The average Bonchev–Trinajstić information content (AvgIpc) is 2.58. The van der Waals surface area contributed by atoms with Crippen molar-refractivity contribution in [3.05, 3.63) is 28.8 Å². The molecule has 2 aliphatic rings. The van der Waals surface area contributed by atoms with E-state index in [1.807, 2.05) is 0 Å². The molecule has 4 nitrogen and oxygen atoms in total. The van der Waals surface area contributed by atoms with Crippen molar-refractivity contribution in [2.24, 2.45) is 5.92 Å². The fraction of sp³-hybridized carbons (Fsp3) is 0.647. The van der Waals surface area contributed by atoms with E-state index in [1.54, 1.807) is 12.1 Å². The van der Waals surface area contributed by atoms with Gasteiger partial charge in [0.1, 0.15) is 5.75 Å². The lowest BCUT2D eigenvalue weighted by atomic mass is 9.85. The molecule has 2 aliphatic heterocycles. The third-order valence-corrected chi connectivity index (χ3v) is 5.08. The van der Waals surface area contributed by atoms with Crippen LogP contribution in [0.4, 0.5) is 13.2 Å². The van der Waals surface area contributed by atoms with Crippen LogP contribution >= 0.6 is 11.6 Å². The molecule has 0 aliphatic carbocycles. The summed E-state index contributed by atoms with van der Waals surface area (Å²) in [4.78, 5) is 2.39. The molecule has 0 radical (unpaired) electrons. The number of benzene rings is 1. The van der Waals surface area contributed by atoms with E-state index in [9.17, 15) is 13.2 Å². The predicted molar refractivity (Wildman–Crippen MR) is 88.9 cm³/mol. The van der Waals surface area contributed by atoms with Crippen LogP contribution in [-0.4, -0.2) is 50.7 Å². The zero-order valence-electron chi connectivity index (χ0n) is 13.8. The van der Waals surface area contributed by atoms with E-state index < -0.39 is 6.36 Å². The van der Waals surface area contributed by atoms with E-state index in [0.29, 0.717) is 5.92 Å². The molecule has 140 valence electrons. The van der Waals surface area contributed by atoms with Gasteiger partial charge in [-0.1, -0.05) is 17.7 Å². The van der Waals surface area contributed by atoms with Crippen LogP contribution in [0.5, 0.6) is 5.75 Å². The Hall–Kier alpha value is -1.02. The van der Waals surface area contributed by atoms with E-state index in [-0.39, 0.29) is 16.8 Å². The second kappa shape index (κ2) is 8.12. The van der Waals surface area contributed by atoms with Crippen molar-refractivity contribution in [1.29, 1.82) is 0 Å². The third kappa shape index (κ3) is 5.00. The number of halogens is 4. The van der Waals surface area contributed by atoms with Crippen molar-refractivity contribution in [2.45, 2.75) is 25.2 Å². The van der Waals surface area contributed by atoms with Gasteiger partial charge in [-0.05, 0) is 36.5 Å². The van der Waals surface area contributed by atoms with Gasteiger partial charge in [0.25, 0.3) is 0 Å². The molecule has 0 aromatic heterocycles. The summed E-state index contributed by atoms with van der Waals surface area (Å²) in [6, 6.07) is 4.77. The molecule has 2 fully saturated rings. The van der Waals surface area contributed by atoms with Gasteiger partial charge in [0, 0.05) is 45.4 Å². The van der Waals surface area contributed by atoms with E-state index in [2.05, 4.69) is 15.0 Å². The fourth-order valence-corrected chi connectivity index (χ4v) is 3.91. The molecule has 0 saturated carbocycles. The first-order valence-corrected chi connectivity index (χ1v) is 8.89. The van der Waals surface area contributed by atoms with Crippen LogP contribution in [0.25, 0.3) is 0 Å². The fourth-order valence-electron chi connectivity index (χ4n) is 3.68. The van der Waals surface area contributed by atoms with Gasteiger partial charge < -0.3 is 14.8 Å². The molecular weight excluding hydrogens is 357 g/mol. The van der Waals surface area contributed by atoms with E-state index in [4.69, 9.17) is 16.3 Å². The summed E-state index contributed by atoms with van der Waals surface area (Å²) in [6.45, 7) is 5.05. The van der Waals surface area contributed by atoms with E-state index >= 15 is 0 Å². The number of piperazine rings is 1. The molecule has 3 rings (SSSR count). The topological polar surface area (TPSA) is 33.7 Å². The Balaban J connectivity index is 1.85. The van der Waals surface area contributed by atoms with Crippen molar-refractivity contribution < 1.29 is 22.6 Å².